The zero-order valence-electron chi connectivity index (χ0n) is 16.4. The van der Waals surface area contributed by atoms with Crippen LogP contribution in [0, 0.1) is 25.2 Å². The Hall–Kier alpha value is -3.12. The molecule has 3 nitrogen and oxygen atoms in total. The number of hydrogen-bond acceptors (Lipinski definition) is 2. The lowest BCUT2D eigenvalue weighted by molar-refractivity contribution is -0.660. The van der Waals surface area contributed by atoms with E-state index in [-0.39, 0.29) is 5.92 Å². The molecular formula is C24H23N2O+. The molecule has 2 heterocycles. The summed E-state index contributed by atoms with van der Waals surface area (Å²) in [6, 6.07) is 14.9. The average molecular weight is 355 g/mol. The molecule has 27 heavy (non-hydrogen) atoms. The molecule has 0 unspecified atom stereocenters. The molecule has 0 saturated carbocycles. The molecule has 0 amide bonds. The van der Waals surface area contributed by atoms with Gasteiger partial charge in [0.2, 0.25) is 5.69 Å². The lowest BCUT2D eigenvalue weighted by Gasteiger charge is -2.10. The molecular weight excluding hydrogens is 332 g/mol. The van der Waals surface area contributed by atoms with E-state index >= 15 is 0 Å². The minimum absolute atomic E-state index is 0.282. The number of fused-ring (bicyclic) bond motifs is 3. The third kappa shape index (κ3) is 2.52. The Labute approximate surface area is 159 Å². The number of benzene rings is 2. The first-order chi connectivity index (χ1) is 12.9. The van der Waals surface area contributed by atoms with Crippen molar-refractivity contribution in [3.8, 4) is 17.3 Å². The number of nitrogens with zero attached hydrogens (tertiary/aromatic N) is 2. The monoisotopic (exact) mass is 355 g/mol. The van der Waals surface area contributed by atoms with E-state index in [1.807, 2.05) is 25.4 Å². The molecule has 4 aromatic rings. The first-order valence-electron chi connectivity index (χ1n) is 9.28. The first-order valence-corrected chi connectivity index (χ1v) is 9.28. The highest BCUT2D eigenvalue weighted by Gasteiger charge is 2.24. The van der Waals surface area contributed by atoms with Gasteiger partial charge in [-0.3, -0.25) is 0 Å². The Bertz CT molecular complexity index is 1240. The quantitative estimate of drug-likeness (QED) is 0.433. The molecule has 0 aliphatic rings. The average Bonchev–Trinajstić information content (AvgIpc) is 3.02. The van der Waals surface area contributed by atoms with Gasteiger partial charge in [-0.2, -0.15) is 5.26 Å². The molecule has 0 aliphatic heterocycles. The highest BCUT2D eigenvalue weighted by Crippen LogP contribution is 2.41. The summed E-state index contributed by atoms with van der Waals surface area (Å²) in [6.07, 6.45) is 2.04. The van der Waals surface area contributed by atoms with Crippen LogP contribution in [0.2, 0.25) is 0 Å². The summed E-state index contributed by atoms with van der Waals surface area (Å²) in [4.78, 5) is 0. The van der Waals surface area contributed by atoms with E-state index in [4.69, 9.17) is 4.42 Å². The van der Waals surface area contributed by atoms with Crippen LogP contribution in [0.1, 0.15) is 42.0 Å². The van der Waals surface area contributed by atoms with Gasteiger partial charge in [0, 0.05) is 22.9 Å². The van der Waals surface area contributed by atoms with Gasteiger partial charge < -0.3 is 4.42 Å². The zero-order valence-corrected chi connectivity index (χ0v) is 16.4. The van der Waals surface area contributed by atoms with Gasteiger partial charge in [-0.05, 0) is 42.5 Å². The van der Waals surface area contributed by atoms with Crippen molar-refractivity contribution >= 4 is 21.9 Å². The van der Waals surface area contributed by atoms with Crippen molar-refractivity contribution in [1.82, 2.24) is 0 Å². The van der Waals surface area contributed by atoms with E-state index in [9.17, 15) is 5.26 Å². The molecule has 4 rings (SSSR count). The fourth-order valence-corrected chi connectivity index (χ4v) is 3.98. The van der Waals surface area contributed by atoms with Crippen LogP contribution in [0.3, 0.4) is 0 Å². The van der Waals surface area contributed by atoms with Crippen molar-refractivity contribution in [2.75, 3.05) is 0 Å². The first kappa shape index (κ1) is 17.3. The SMILES string of the molecule is Cc1ccc2c(oc3c(C)cc(C(C)C)c(C#N)c32)c1-c1cccc[n+]1C. The third-order valence-electron chi connectivity index (χ3n) is 5.38. The Morgan fingerprint density at radius 3 is 2.48 bits per heavy atom. The van der Waals surface area contributed by atoms with Crippen molar-refractivity contribution in [3.63, 3.8) is 0 Å². The molecule has 0 saturated heterocycles. The van der Waals surface area contributed by atoms with Gasteiger partial charge in [0.1, 0.15) is 24.3 Å². The number of nitriles is 1. The third-order valence-corrected chi connectivity index (χ3v) is 5.38. The molecule has 134 valence electrons. The summed E-state index contributed by atoms with van der Waals surface area (Å²) in [5.74, 6) is 0.282. The van der Waals surface area contributed by atoms with Gasteiger partial charge >= 0.3 is 0 Å². The van der Waals surface area contributed by atoms with Gasteiger partial charge in [0.05, 0.1) is 11.1 Å². The highest BCUT2D eigenvalue weighted by atomic mass is 16.3. The van der Waals surface area contributed by atoms with E-state index in [2.05, 4.69) is 62.6 Å². The molecule has 2 aromatic heterocycles. The van der Waals surface area contributed by atoms with Crippen molar-refractivity contribution in [2.24, 2.45) is 7.05 Å². The number of rotatable bonds is 2. The van der Waals surface area contributed by atoms with E-state index in [1.54, 1.807) is 0 Å². The second-order valence-electron chi connectivity index (χ2n) is 7.56. The molecule has 0 radical (unpaired) electrons. The Kier molecular flexibility index (Phi) is 4.00. The van der Waals surface area contributed by atoms with Crippen LogP contribution in [-0.4, -0.2) is 0 Å². The number of aromatic nitrogens is 1. The van der Waals surface area contributed by atoms with Crippen LogP contribution in [0.25, 0.3) is 33.2 Å². The summed E-state index contributed by atoms with van der Waals surface area (Å²) < 4.78 is 8.52. The van der Waals surface area contributed by atoms with Crippen LogP contribution in [-0.2, 0) is 7.05 Å². The minimum atomic E-state index is 0.282. The Morgan fingerprint density at radius 2 is 1.81 bits per heavy atom. The van der Waals surface area contributed by atoms with Crippen LogP contribution < -0.4 is 4.57 Å². The highest BCUT2D eigenvalue weighted by molar-refractivity contribution is 6.13. The number of hydrogen-bond donors (Lipinski definition) is 0. The normalized spacial score (nSPS) is 11.4. The second kappa shape index (κ2) is 6.25. The maximum absolute atomic E-state index is 9.92. The summed E-state index contributed by atoms with van der Waals surface area (Å²) >= 11 is 0. The van der Waals surface area contributed by atoms with Crippen LogP contribution in [0.4, 0.5) is 0 Å². The van der Waals surface area contributed by atoms with Gasteiger partial charge in [0.25, 0.3) is 0 Å². The number of pyridine rings is 1. The van der Waals surface area contributed by atoms with E-state index < -0.39 is 0 Å². The van der Waals surface area contributed by atoms with Crippen LogP contribution in [0.5, 0.6) is 0 Å². The topological polar surface area (TPSA) is 40.8 Å². The lowest BCUT2D eigenvalue weighted by atomic mass is 9.91. The maximum Gasteiger partial charge on any atom is 0.216 e. The summed E-state index contributed by atoms with van der Waals surface area (Å²) in [5, 5.41) is 11.9. The van der Waals surface area contributed by atoms with E-state index in [0.717, 1.165) is 55.4 Å². The van der Waals surface area contributed by atoms with Crippen LogP contribution in [0.15, 0.2) is 47.0 Å². The smallest absolute Gasteiger partial charge is 0.216 e. The fraction of sp³-hybridized carbons (Fsp3) is 0.250. The molecule has 2 aromatic carbocycles. The molecule has 0 spiro atoms. The summed E-state index contributed by atoms with van der Waals surface area (Å²) in [5.41, 5.74) is 7.90. The second-order valence-corrected chi connectivity index (χ2v) is 7.56. The maximum atomic E-state index is 9.92. The van der Waals surface area contributed by atoms with Crippen molar-refractivity contribution in [1.29, 1.82) is 5.26 Å². The fourth-order valence-electron chi connectivity index (χ4n) is 3.98. The molecule has 0 aliphatic carbocycles. The predicted octanol–water partition coefficient (Wildman–Crippen LogP) is 5.69. The van der Waals surface area contributed by atoms with E-state index in [0.29, 0.717) is 0 Å². The van der Waals surface area contributed by atoms with Gasteiger partial charge in [-0.15, -0.1) is 0 Å². The van der Waals surface area contributed by atoms with E-state index in [1.165, 1.54) is 0 Å². The molecule has 0 N–H and O–H groups in total. The van der Waals surface area contributed by atoms with Gasteiger partial charge in [-0.25, -0.2) is 4.57 Å². The molecule has 0 fully saturated rings. The Balaban J connectivity index is 2.22. The standard InChI is InChI=1S/C24H23N2O/c1-14(2)18-12-16(4)23-22(19(18)13-25)17-10-9-15(3)21(24(17)27-23)20-8-6-7-11-26(20)5/h6-12,14H,1-5H3/q+1. The van der Waals surface area contributed by atoms with Gasteiger partial charge in [-0.1, -0.05) is 32.0 Å². The Morgan fingerprint density at radius 1 is 1.04 bits per heavy atom. The molecule has 0 bridgehead atoms. The lowest BCUT2D eigenvalue weighted by Crippen LogP contribution is -2.30. The number of aryl methyl sites for hydroxylation is 3. The minimum Gasteiger partial charge on any atom is -0.455 e. The van der Waals surface area contributed by atoms with Crippen LogP contribution >= 0.6 is 0 Å². The summed E-state index contributed by atoms with van der Waals surface area (Å²) in [6.45, 7) is 8.42. The van der Waals surface area contributed by atoms with Crippen molar-refractivity contribution in [3.05, 3.63) is 64.8 Å². The van der Waals surface area contributed by atoms with Crippen molar-refractivity contribution in [2.45, 2.75) is 33.6 Å². The summed E-state index contributed by atoms with van der Waals surface area (Å²) in [7, 11) is 2.04. The molecule has 3 heteroatoms. The number of furan rings is 1. The molecule has 0 atom stereocenters. The van der Waals surface area contributed by atoms with Crippen molar-refractivity contribution < 1.29 is 8.98 Å². The predicted molar refractivity (Wildman–Crippen MR) is 109 cm³/mol. The zero-order chi connectivity index (χ0) is 19.3. The largest absolute Gasteiger partial charge is 0.455 e. The van der Waals surface area contributed by atoms with Gasteiger partial charge in [0.15, 0.2) is 6.20 Å².